The lowest BCUT2D eigenvalue weighted by molar-refractivity contribution is -0.341. The van der Waals surface area contributed by atoms with Crippen molar-refractivity contribution < 1.29 is 90.4 Å². The molecule has 4 saturated heterocycles. The van der Waals surface area contributed by atoms with Gasteiger partial charge in [0.05, 0.1) is 18.4 Å². The Bertz CT molecular complexity index is 1560. The van der Waals surface area contributed by atoms with E-state index in [4.69, 9.17) is 74.8 Å². The van der Waals surface area contributed by atoms with Crippen molar-refractivity contribution in [3.8, 4) is 0 Å². The first kappa shape index (κ1) is 44.7. The highest BCUT2D eigenvalue weighted by molar-refractivity contribution is 8.00. The normalized spacial score (nSPS) is 34.3. The number of fused-ring (bicyclic) bond motifs is 2. The molecule has 2 bridgehead atoms. The number of carbonyl (C=O) groups excluding carboxylic acids is 7. The Morgan fingerprint density at radius 2 is 1.14 bits per heavy atom. The third kappa shape index (κ3) is 12.2. The van der Waals surface area contributed by atoms with Crippen LogP contribution in [0.2, 0.25) is 0 Å². The monoisotopic (exact) mass is 836 g/mol. The number of hydrogen-bond acceptors (Lipinski definition) is 21. The average molecular weight is 837 g/mol. The number of nitrogens with zero attached hydrogens (tertiary/aromatic N) is 1. The minimum Gasteiger partial charge on any atom is -0.463 e. The standard InChI is InChI=1S/C33H44N2O19S2/c1-12(36)43-10-21-24(46-14(3)38)26(47-15(4)39)28(49-17(6)41)31(52-21)54-25-22(11-44-13(2)37)53-32(29(50-18(7)42)27(25)48-16(5)40)56-23-8-19(35-33(34)55)30-45-9-20(23)51-30/h20-32H,8-11H2,1-7H3,(H2,34,55)/b35-19-/t20-,21-,22-,23-,24+,25-,26+,27+,28-,29-,30-,31+,32+/m1/s1. The Kier molecular flexibility index (Phi) is 15.9. The van der Waals surface area contributed by atoms with Crippen molar-refractivity contribution in [2.75, 3.05) is 19.8 Å². The number of thioether (sulfide) groups is 1. The first-order valence-corrected chi connectivity index (χ1v) is 18.6. The van der Waals surface area contributed by atoms with Crippen molar-refractivity contribution in [2.24, 2.45) is 10.7 Å². The molecule has 4 aliphatic heterocycles. The lowest BCUT2D eigenvalue weighted by Crippen LogP contribution is -2.67. The highest BCUT2D eigenvalue weighted by Gasteiger charge is 2.58. The fourth-order valence-corrected chi connectivity index (χ4v) is 7.97. The highest BCUT2D eigenvalue weighted by atomic mass is 32.2. The van der Waals surface area contributed by atoms with Crippen LogP contribution in [0.4, 0.5) is 0 Å². The van der Waals surface area contributed by atoms with Gasteiger partial charge in [-0.25, -0.2) is 4.99 Å². The van der Waals surface area contributed by atoms with Crippen LogP contribution in [0.1, 0.15) is 54.9 Å². The minimum absolute atomic E-state index is 0.147. The zero-order valence-corrected chi connectivity index (χ0v) is 33.1. The van der Waals surface area contributed by atoms with Crippen LogP contribution in [0.15, 0.2) is 4.99 Å². The van der Waals surface area contributed by atoms with Crippen molar-refractivity contribution in [1.82, 2.24) is 0 Å². The number of nitrogens with two attached hydrogens (primary N) is 1. The van der Waals surface area contributed by atoms with Gasteiger partial charge in [0.15, 0.2) is 48.2 Å². The predicted molar refractivity (Wildman–Crippen MR) is 188 cm³/mol. The van der Waals surface area contributed by atoms with Gasteiger partial charge >= 0.3 is 41.8 Å². The van der Waals surface area contributed by atoms with Crippen molar-refractivity contribution in [3.05, 3.63) is 0 Å². The van der Waals surface area contributed by atoms with E-state index in [0.29, 0.717) is 5.71 Å². The molecule has 0 aliphatic carbocycles. The van der Waals surface area contributed by atoms with Crippen molar-refractivity contribution in [2.45, 2.75) is 133 Å². The van der Waals surface area contributed by atoms with E-state index in [-0.39, 0.29) is 18.1 Å². The van der Waals surface area contributed by atoms with Gasteiger partial charge in [0, 0.05) is 60.1 Å². The number of esters is 7. The maximum absolute atomic E-state index is 12.7. The summed E-state index contributed by atoms with van der Waals surface area (Å²) in [6.45, 7) is 6.61. The molecule has 0 aromatic heterocycles. The van der Waals surface area contributed by atoms with Gasteiger partial charge in [-0.2, -0.15) is 0 Å². The van der Waals surface area contributed by atoms with Crippen molar-refractivity contribution >= 4 is 76.6 Å². The highest BCUT2D eigenvalue weighted by Crippen LogP contribution is 2.42. The summed E-state index contributed by atoms with van der Waals surface area (Å²) in [6.07, 6.45) is -15.0. The molecule has 4 rings (SSSR count). The van der Waals surface area contributed by atoms with Crippen LogP contribution in [0, 0.1) is 0 Å². The lowest BCUT2D eigenvalue weighted by atomic mass is 9.96. The summed E-state index contributed by atoms with van der Waals surface area (Å²) in [6, 6.07) is 0. The zero-order valence-electron chi connectivity index (χ0n) is 31.4. The lowest BCUT2D eigenvalue weighted by Gasteiger charge is -2.49. The Balaban J connectivity index is 1.79. The van der Waals surface area contributed by atoms with E-state index in [1.807, 2.05) is 0 Å². The second-order valence-electron chi connectivity index (χ2n) is 12.8. The smallest absolute Gasteiger partial charge is 0.303 e. The number of hydrogen-bond donors (Lipinski definition) is 1. The fourth-order valence-electron chi connectivity index (χ4n) is 6.35. The Hall–Kier alpha value is -4.00. The number of ether oxygens (including phenoxy) is 12. The molecule has 56 heavy (non-hydrogen) atoms. The van der Waals surface area contributed by atoms with Gasteiger partial charge < -0.3 is 62.6 Å². The topological polar surface area (TPSA) is 269 Å². The predicted octanol–water partition coefficient (Wildman–Crippen LogP) is -0.462. The summed E-state index contributed by atoms with van der Waals surface area (Å²) in [5.41, 5.74) is 4.90. The molecule has 312 valence electrons. The third-order valence-electron chi connectivity index (χ3n) is 8.26. The summed E-state index contributed by atoms with van der Waals surface area (Å²) in [5.74, 6) is -5.84. The molecule has 0 aromatic rings. The third-order valence-corrected chi connectivity index (χ3v) is 9.81. The Labute approximate surface area is 330 Å². The van der Waals surface area contributed by atoms with Crippen LogP contribution in [0.3, 0.4) is 0 Å². The van der Waals surface area contributed by atoms with Gasteiger partial charge in [0.25, 0.3) is 0 Å². The molecule has 4 fully saturated rings. The molecule has 0 unspecified atom stereocenters. The van der Waals surface area contributed by atoms with E-state index < -0.39 is 133 Å². The van der Waals surface area contributed by atoms with E-state index in [1.165, 1.54) is 0 Å². The number of carbonyl (C=O) groups is 7. The number of thiocarbonyl (C=S) groups is 1. The molecule has 0 saturated carbocycles. The fraction of sp³-hybridized carbons (Fsp3) is 0.727. The van der Waals surface area contributed by atoms with Gasteiger partial charge in [-0.05, 0) is 12.2 Å². The summed E-state index contributed by atoms with van der Waals surface area (Å²) in [4.78, 5) is 90.7. The van der Waals surface area contributed by atoms with E-state index in [0.717, 1.165) is 60.2 Å². The summed E-state index contributed by atoms with van der Waals surface area (Å²) >= 11 is 6.07. The van der Waals surface area contributed by atoms with Gasteiger partial charge in [0.2, 0.25) is 0 Å². The number of aliphatic imine (C=N–C) groups is 1. The largest absolute Gasteiger partial charge is 0.463 e. The van der Waals surface area contributed by atoms with Gasteiger partial charge in [0.1, 0.15) is 37.0 Å². The van der Waals surface area contributed by atoms with Gasteiger partial charge in [-0.15, -0.1) is 11.8 Å². The molecule has 2 N–H and O–H groups in total. The van der Waals surface area contributed by atoms with E-state index >= 15 is 0 Å². The maximum Gasteiger partial charge on any atom is 0.303 e. The molecule has 0 amide bonds. The van der Waals surface area contributed by atoms with E-state index in [1.54, 1.807) is 0 Å². The molecular formula is C33H44N2O19S2. The van der Waals surface area contributed by atoms with Gasteiger partial charge in [-0.1, -0.05) is 0 Å². The molecule has 21 nitrogen and oxygen atoms in total. The molecule has 0 aromatic carbocycles. The molecule has 23 heteroatoms. The quantitative estimate of drug-likeness (QED) is 0.140. The van der Waals surface area contributed by atoms with Crippen LogP contribution in [-0.2, 0) is 90.4 Å². The van der Waals surface area contributed by atoms with Crippen LogP contribution in [0.25, 0.3) is 0 Å². The summed E-state index contributed by atoms with van der Waals surface area (Å²) in [5, 5.41) is -0.624. The van der Waals surface area contributed by atoms with E-state index in [9.17, 15) is 33.6 Å². The van der Waals surface area contributed by atoms with E-state index in [2.05, 4.69) is 4.99 Å². The average Bonchev–Trinajstić information content (AvgIpc) is 3.50. The Morgan fingerprint density at radius 3 is 1.66 bits per heavy atom. The zero-order chi connectivity index (χ0) is 41.4. The van der Waals surface area contributed by atoms with Crippen LogP contribution in [0.5, 0.6) is 0 Å². The van der Waals surface area contributed by atoms with Crippen molar-refractivity contribution in [1.29, 1.82) is 0 Å². The first-order chi connectivity index (χ1) is 26.3. The second-order valence-corrected chi connectivity index (χ2v) is 14.6. The molecular weight excluding hydrogens is 792 g/mol. The molecule has 13 atom stereocenters. The first-order valence-electron chi connectivity index (χ1n) is 17.2. The summed E-state index contributed by atoms with van der Waals surface area (Å²) in [7, 11) is 0. The maximum atomic E-state index is 12.7. The van der Waals surface area contributed by atoms with Crippen LogP contribution >= 0.6 is 24.0 Å². The SMILES string of the molecule is CC(=O)OC[C@H]1O[C@@H](O[C@H]2[C@H](OC(C)=O)[C@@H](OC(C)=O)[C@H](S[C@@H]3C/C(=N/C(N)=S)[C@@H]4OC[C@H]3O4)O[C@@H]2COC(C)=O)[C@H](OC(C)=O)[C@@H](OC(C)=O)[C@H]1OC(C)=O. The van der Waals surface area contributed by atoms with Crippen LogP contribution < -0.4 is 5.73 Å². The minimum atomic E-state index is -1.80. The second kappa shape index (κ2) is 19.9. The molecule has 0 radical (unpaired) electrons. The van der Waals surface area contributed by atoms with Crippen LogP contribution in [-0.4, -0.2) is 151 Å². The molecule has 4 aliphatic rings. The van der Waals surface area contributed by atoms with Crippen molar-refractivity contribution in [3.63, 3.8) is 0 Å². The summed E-state index contributed by atoms with van der Waals surface area (Å²) < 4.78 is 69.1. The molecule has 0 spiro atoms. The number of rotatable bonds is 13. The van der Waals surface area contributed by atoms with Gasteiger partial charge in [-0.3, -0.25) is 33.6 Å². The molecule has 4 heterocycles. The Morgan fingerprint density at radius 1 is 0.661 bits per heavy atom.